The number of hydrogen-bond acceptors (Lipinski definition) is 4. The Balaban J connectivity index is 1.32. The van der Waals surface area contributed by atoms with E-state index in [2.05, 4.69) is 17.1 Å². The highest BCUT2D eigenvalue weighted by Crippen LogP contribution is 2.24. The molecule has 3 nitrogen and oxygen atoms in total. The highest BCUT2D eigenvalue weighted by Gasteiger charge is 2.09. The molecule has 0 N–H and O–H groups in total. The van der Waals surface area contributed by atoms with Gasteiger partial charge in [-0.15, -0.1) is 11.3 Å². The van der Waals surface area contributed by atoms with Crippen LogP contribution >= 0.6 is 11.3 Å². The Morgan fingerprint density at radius 2 is 1.39 bits per heavy atom. The second-order valence-corrected chi connectivity index (χ2v) is 7.27. The predicted octanol–water partition coefficient (Wildman–Crippen LogP) is 5.76. The molecule has 0 aliphatic heterocycles. The minimum absolute atomic E-state index is 0.199. The summed E-state index contributed by atoms with van der Waals surface area (Å²) in [7, 11) is 0. The predicted molar refractivity (Wildman–Crippen MR) is 113 cm³/mol. The molecule has 1 heterocycles. The van der Waals surface area contributed by atoms with E-state index in [1.54, 1.807) is 11.3 Å². The molecule has 3 aromatic carbocycles. The molecule has 0 atom stereocenters. The van der Waals surface area contributed by atoms with Gasteiger partial charge in [0.25, 0.3) is 0 Å². The molecule has 0 unspecified atom stereocenters. The summed E-state index contributed by atoms with van der Waals surface area (Å²) in [4.78, 5) is 16.7. The first-order valence-corrected chi connectivity index (χ1v) is 9.96. The van der Waals surface area contributed by atoms with Gasteiger partial charge in [0.05, 0.1) is 12.1 Å². The van der Waals surface area contributed by atoms with Crippen molar-refractivity contribution < 1.29 is 9.53 Å². The summed E-state index contributed by atoms with van der Waals surface area (Å²) >= 11 is 1.56. The zero-order chi connectivity index (χ0) is 19.2. The topological polar surface area (TPSA) is 39.2 Å². The van der Waals surface area contributed by atoms with Crippen LogP contribution in [-0.4, -0.2) is 11.0 Å². The molecule has 1 aromatic heterocycles. The van der Waals surface area contributed by atoms with Gasteiger partial charge in [0.15, 0.2) is 0 Å². The van der Waals surface area contributed by atoms with Crippen LogP contribution < -0.4 is 0 Å². The number of benzene rings is 3. The molecule has 4 rings (SSSR count). The molecule has 138 valence electrons. The lowest BCUT2D eigenvalue weighted by molar-refractivity contribution is -0.144. The van der Waals surface area contributed by atoms with Crippen molar-refractivity contribution in [3.63, 3.8) is 0 Å². The maximum Gasteiger partial charge on any atom is 0.310 e. The summed E-state index contributed by atoms with van der Waals surface area (Å²) < 4.78 is 5.40. The first-order chi connectivity index (χ1) is 13.8. The average Bonchev–Trinajstić information content (AvgIpc) is 3.23. The van der Waals surface area contributed by atoms with Crippen LogP contribution in [0.25, 0.3) is 21.7 Å². The number of ether oxygens (including phenoxy) is 1. The lowest BCUT2D eigenvalue weighted by Gasteiger charge is -2.05. The maximum atomic E-state index is 12.2. The van der Waals surface area contributed by atoms with E-state index >= 15 is 0 Å². The molecule has 0 aliphatic rings. The number of thiazole rings is 1. The lowest BCUT2D eigenvalue weighted by Crippen LogP contribution is -2.08. The van der Waals surface area contributed by atoms with Crippen LogP contribution in [0.5, 0.6) is 0 Å². The van der Waals surface area contributed by atoms with E-state index in [0.717, 1.165) is 33.0 Å². The Morgan fingerprint density at radius 1 is 0.786 bits per heavy atom. The summed E-state index contributed by atoms with van der Waals surface area (Å²) in [5.41, 5.74) is 5.08. The molecule has 0 aliphatic carbocycles. The molecule has 0 saturated heterocycles. The van der Waals surface area contributed by atoms with E-state index in [0.29, 0.717) is 0 Å². The van der Waals surface area contributed by atoms with Crippen LogP contribution in [0.3, 0.4) is 0 Å². The van der Waals surface area contributed by atoms with E-state index in [9.17, 15) is 4.79 Å². The zero-order valence-electron chi connectivity index (χ0n) is 15.2. The van der Waals surface area contributed by atoms with Gasteiger partial charge in [0, 0.05) is 10.9 Å². The minimum atomic E-state index is -0.248. The van der Waals surface area contributed by atoms with Crippen LogP contribution in [0.1, 0.15) is 11.3 Å². The highest BCUT2D eigenvalue weighted by molar-refractivity contribution is 7.13. The fourth-order valence-electron chi connectivity index (χ4n) is 2.90. The third-order valence-electron chi connectivity index (χ3n) is 4.36. The van der Waals surface area contributed by atoms with E-state index in [1.165, 1.54) is 0 Å². The normalized spacial score (nSPS) is 10.6. The van der Waals surface area contributed by atoms with E-state index in [1.807, 2.05) is 78.2 Å². The van der Waals surface area contributed by atoms with E-state index < -0.39 is 0 Å². The van der Waals surface area contributed by atoms with Crippen molar-refractivity contribution in [2.45, 2.75) is 13.0 Å². The van der Waals surface area contributed by atoms with Crippen molar-refractivity contribution >= 4 is 17.3 Å². The third kappa shape index (κ3) is 4.53. The molecule has 0 amide bonds. The molecule has 4 aromatic rings. The number of carbonyl (C=O) groups is 1. The van der Waals surface area contributed by atoms with Crippen molar-refractivity contribution in [2.24, 2.45) is 0 Å². The first-order valence-electron chi connectivity index (χ1n) is 9.08. The molecule has 0 saturated carbocycles. The standard InChI is InChI=1S/C24H19NO2S/c26-23(15-18-11-13-20(14-12-18)19-7-3-1-4-8-19)27-16-22-17-28-24(25-22)21-9-5-2-6-10-21/h1-14,17H,15-16H2. The third-order valence-corrected chi connectivity index (χ3v) is 5.30. The molecule has 4 heteroatoms. The van der Waals surface area contributed by atoms with Crippen LogP contribution in [-0.2, 0) is 22.6 Å². The van der Waals surface area contributed by atoms with Gasteiger partial charge < -0.3 is 4.74 Å². The van der Waals surface area contributed by atoms with Crippen LogP contribution in [0.4, 0.5) is 0 Å². The van der Waals surface area contributed by atoms with Crippen molar-refractivity contribution in [2.75, 3.05) is 0 Å². The molecule has 0 fully saturated rings. The van der Waals surface area contributed by atoms with Crippen molar-refractivity contribution in [1.29, 1.82) is 0 Å². The molecule has 0 spiro atoms. The summed E-state index contributed by atoms with van der Waals surface area (Å²) in [5.74, 6) is -0.248. The van der Waals surface area contributed by atoms with Gasteiger partial charge >= 0.3 is 5.97 Å². The van der Waals surface area contributed by atoms with Gasteiger partial charge in [0.1, 0.15) is 11.6 Å². The Hall–Kier alpha value is -3.24. The van der Waals surface area contributed by atoms with Gasteiger partial charge in [0.2, 0.25) is 0 Å². The smallest absolute Gasteiger partial charge is 0.310 e. The molecule has 28 heavy (non-hydrogen) atoms. The molecular formula is C24H19NO2S. The molecule has 0 bridgehead atoms. The van der Waals surface area contributed by atoms with E-state index in [-0.39, 0.29) is 19.0 Å². The molecule has 0 radical (unpaired) electrons. The Bertz CT molecular complexity index is 1040. The van der Waals surface area contributed by atoms with Gasteiger partial charge in [-0.3, -0.25) is 4.79 Å². The quantitative estimate of drug-likeness (QED) is 0.396. The number of carbonyl (C=O) groups excluding carboxylic acids is 1. The van der Waals surface area contributed by atoms with Crippen molar-refractivity contribution in [3.8, 4) is 21.7 Å². The number of hydrogen-bond donors (Lipinski definition) is 0. The van der Waals surface area contributed by atoms with Gasteiger partial charge in [-0.05, 0) is 16.7 Å². The average molecular weight is 385 g/mol. The number of aromatic nitrogens is 1. The van der Waals surface area contributed by atoms with Crippen molar-refractivity contribution in [3.05, 3.63) is 102 Å². The Morgan fingerprint density at radius 3 is 2.07 bits per heavy atom. The largest absolute Gasteiger partial charge is 0.459 e. The van der Waals surface area contributed by atoms with Gasteiger partial charge in [-0.1, -0.05) is 84.9 Å². The number of esters is 1. The van der Waals surface area contributed by atoms with Crippen LogP contribution in [0, 0.1) is 0 Å². The summed E-state index contributed by atoms with van der Waals surface area (Å²) in [5, 5.41) is 2.87. The Labute approximate surface area is 168 Å². The minimum Gasteiger partial charge on any atom is -0.459 e. The maximum absolute atomic E-state index is 12.2. The SMILES string of the molecule is O=C(Cc1ccc(-c2ccccc2)cc1)OCc1csc(-c2ccccc2)n1. The Kier molecular flexibility index (Phi) is 5.59. The van der Waals surface area contributed by atoms with Crippen molar-refractivity contribution in [1.82, 2.24) is 4.98 Å². The fraction of sp³-hybridized carbons (Fsp3) is 0.0833. The van der Waals surface area contributed by atoms with E-state index in [4.69, 9.17) is 4.74 Å². The monoisotopic (exact) mass is 385 g/mol. The number of rotatable bonds is 6. The zero-order valence-corrected chi connectivity index (χ0v) is 16.1. The molecular weight excluding hydrogens is 366 g/mol. The lowest BCUT2D eigenvalue weighted by atomic mass is 10.0. The highest BCUT2D eigenvalue weighted by atomic mass is 32.1. The summed E-state index contributed by atoms with van der Waals surface area (Å²) in [6, 6.07) is 28.2. The number of nitrogens with zero attached hydrogens (tertiary/aromatic N) is 1. The van der Waals surface area contributed by atoms with Crippen LogP contribution in [0.2, 0.25) is 0 Å². The summed E-state index contributed by atoms with van der Waals surface area (Å²) in [6.07, 6.45) is 0.255. The van der Waals surface area contributed by atoms with Crippen LogP contribution in [0.15, 0.2) is 90.3 Å². The van der Waals surface area contributed by atoms with Gasteiger partial charge in [-0.2, -0.15) is 0 Å². The van der Waals surface area contributed by atoms with Gasteiger partial charge in [-0.25, -0.2) is 4.98 Å². The fourth-order valence-corrected chi connectivity index (χ4v) is 3.71. The second-order valence-electron chi connectivity index (χ2n) is 6.41. The second kappa shape index (κ2) is 8.63. The summed E-state index contributed by atoms with van der Waals surface area (Å²) in [6.45, 7) is 0.199. The first kappa shape index (κ1) is 18.1.